The fourth-order valence-electron chi connectivity index (χ4n) is 2.99. The van der Waals surface area contributed by atoms with Crippen LogP contribution < -0.4 is 15.6 Å². The fourth-order valence-corrected chi connectivity index (χ4v) is 2.99. The van der Waals surface area contributed by atoms with Gasteiger partial charge in [-0.05, 0) is 48.0 Å². The van der Waals surface area contributed by atoms with Gasteiger partial charge in [-0.1, -0.05) is 5.11 Å². The van der Waals surface area contributed by atoms with Crippen molar-refractivity contribution in [3.63, 3.8) is 0 Å². The Morgan fingerprint density at radius 3 is 2.31 bits per heavy atom. The van der Waals surface area contributed by atoms with Crippen molar-refractivity contribution < 1.29 is 27.1 Å². The minimum absolute atomic E-state index is 0.114. The van der Waals surface area contributed by atoms with E-state index in [1.165, 1.54) is 24.4 Å². The first-order valence-corrected chi connectivity index (χ1v) is 9.54. The van der Waals surface area contributed by atoms with Crippen molar-refractivity contribution in [1.82, 2.24) is 4.98 Å². The number of benzene rings is 2. The normalized spacial score (nSPS) is 11.8. The standard InChI is InChI=1S/C20H17B3F4N2O3/c21-19(22,23)14-8-11(24)2-4-15(14)32-16-7-10(20(25,26)27)1-3-13(16)18(31)29-12-5-6-28-17(30)9-12/h1-9H,21-23H2,(H2,28,29,30,31). The summed E-state index contributed by atoms with van der Waals surface area (Å²) in [5.74, 6) is -1.56. The molecule has 0 fully saturated rings. The molecular formula is C20H17B3F4N2O3. The molecule has 0 atom stereocenters. The third-order valence-electron chi connectivity index (χ3n) is 4.56. The first-order valence-electron chi connectivity index (χ1n) is 9.54. The van der Waals surface area contributed by atoms with Gasteiger partial charge in [-0.15, -0.1) is 0 Å². The molecule has 3 aromatic rings. The molecule has 32 heavy (non-hydrogen) atoms. The second-order valence-electron chi connectivity index (χ2n) is 8.10. The van der Waals surface area contributed by atoms with Crippen molar-refractivity contribution in [3.8, 4) is 11.5 Å². The summed E-state index contributed by atoms with van der Waals surface area (Å²) in [6.07, 6.45) is -3.36. The number of hydrogen-bond donors (Lipinski definition) is 2. The zero-order chi connectivity index (χ0) is 23.7. The van der Waals surface area contributed by atoms with E-state index in [0.717, 1.165) is 24.3 Å². The number of hydrogen-bond acceptors (Lipinski definition) is 3. The van der Waals surface area contributed by atoms with Gasteiger partial charge in [0.1, 0.15) is 17.3 Å². The van der Waals surface area contributed by atoms with Gasteiger partial charge in [-0.2, -0.15) is 13.2 Å². The highest BCUT2D eigenvalue weighted by molar-refractivity contribution is 6.59. The van der Waals surface area contributed by atoms with E-state index in [1.807, 2.05) is 0 Å². The monoisotopic (exact) mass is 442 g/mol. The predicted molar refractivity (Wildman–Crippen MR) is 120 cm³/mol. The summed E-state index contributed by atoms with van der Waals surface area (Å²) >= 11 is 0. The summed E-state index contributed by atoms with van der Waals surface area (Å²) in [5, 5.41) is 1.87. The Labute approximate surface area is 183 Å². The second kappa shape index (κ2) is 8.60. The van der Waals surface area contributed by atoms with Gasteiger partial charge in [0, 0.05) is 18.0 Å². The van der Waals surface area contributed by atoms with E-state index in [-0.39, 0.29) is 22.7 Å². The zero-order valence-corrected chi connectivity index (χ0v) is 17.4. The molecule has 1 amide bonds. The van der Waals surface area contributed by atoms with Crippen molar-refractivity contribution in [2.75, 3.05) is 5.32 Å². The van der Waals surface area contributed by atoms with Crippen molar-refractivity contribution in [1.29, 1.82) is 0 Å². The van der Waals surface area contributed by atoms with E-state index in [9.17, 15) is 27.2 Å². The maximum absolute atomic E-state index is 13.8. The molecule has 1 heterocycles. The van der Waals surface area contributed by atoms with Gasteiger partial charge in [0.15, 0.2) is 0 Å². The summed E-state index contributed by atoms with van der Waals surface area (Å²) in [4.78, 5) is 26.6. The van der Waals surface area contributed by atoms with Crippen LogP contribution in [0.25, 0.3) is 0 Å². The van der Waals surface area contributed by atoms with E-state index in [1.54, 1.807) is 23.5 Å². The topological polar surface area (TPSA) is 71.2 Å². The van der Waals surface area contributed by atoms with Gasteiger partial charge in [0.2, 0.25) is 5.56 Å². The maximum Gasteiger partial charge on any atom is 0.416 e. The number of ether oxygens (including phenoxy) is 1. The largest absolute Gasteiger partial charge is 0.456 e. The van der Waals surface area contributed by atoms with Gasteiger partial charge in [0.05, 0.1) is 34.7 Å². The van der Waals surface area contributed by atoms with Crippen LogP contribution >= 0.6 is 0 Å². The molecule has 162 valence electrons. The average molecular weight is 442 g/mol. The third kappa shape index (κ3) is 5.43. The van der Waals surface area contributed by atoms with Gasteiger partial charge in [-0.3, -0.25) is 9.59 Å². The molecule has 5 nitrogen and oxygen atoms in total. The number of anilines is 1. The Morgan fingerprint density at radius 2 is 1.69 bits per heavy atom. The molecule has 0 saturated heterocycles. The lowest BCUT2D eigenvalue weighted by atomic mass is 9.40. The highest BCUT2D eigenvalue weighted by Gasteiger charge is 2.32. The summed E-state index contributed by atoms with van der Waals surface area (Å²) in [6.45, 7) is 0. The number of halogens is 4. The van der Waals surface area contributed by atoms with Crippen LogP contribution in [0, 0.1) is 5.82 Å². The molecule has 3 rings (SSSR count). The predicted octanol–water partition coefficient (Wildman–Crippen LogP) is 1.59. The molecule has 0 aliphatic heterocycles. The number of amides is 1. The molecule has 0 saturated carbocycles. The maximum atomic E-state index is 13.8. The molecule has 12 heteroatoms. The van der Waals surface area contributed by atoms with Crippen LogP contribution in [0.4, 0.5) is 23.2 Å². The first kappa shape index (κ1) is 23.2. The van der Waals surface area contributed by atoms with Gasteiger partial charge in [0.25, 0.3) is 5.91 Å². The third-order valence-corrected chi connectivity index (χ3v) is 4.56. The number of H-pyrrole nitrogens is 1. The SMILES string of the molecule is BC(B)(B)c1cc(F)ccc1Oc1cc(C(F)(F)F)ccc1C(=O)Nc1cc[nH]c(=O)c1. The second-order valence-corrected chi connectivity index (χ2v) is 8.10. The summed E-state index contributed by atoms with van der Waals surface area (Å²) < 4.78 is 59.5. The Bertz CT molecular complexity index is 1220. The first-order chi connectivity index (χ1) is 14.8. The smallest absolute Gasteiger partial charge is 0.416 e. The highest BCUT2D eigenvalue weighted by Crippen LogP contribution is 2.37. The van der Waals surface area contributed by atoms with Crippen LogP contribution in [0.5, 0.6) is 11.5 Å². The molecule has 0 radical (unpaired) electrons. The van der Waals surface area contributed by atoms with Crippen molar-refractivity contribution >= 4 is 35.1 Å². The van der Waals surface area contributed by atoms with E-state index in [2.05, 4.69) is 10.3 Å². The highest BCUT2D eigenvalue weighted by atomic mass is 19.4. The quantitative estimate of drug-likeness (QED) is 0.466. The lowest BCUT2D eigenvalue weighted by Crippen LogP contribution is -2.27. The minimum Gasteiger partial charge on any atom is -0.456 e. The molecule has 2 N–H and O–H groups in total. The number of rotatable bonds is 5. The molecule has 1 aromatic heterocycles. The van der Waals surface area contributed by atoms with Crippen LogP contribution in [-0.2, 0) is 11.3 Å². The van der Waals surface area contributed by atoms with Crippen molar-refractivity contribution in [2.24, 2.45) is 0 Å². The molecule has 2 aromatic carbocycles. The Kier molecular flexibility index (Phi) is 6.25. The average Bonchev–Trinajstić information content (AvgIpc) is 2.67. The van der Waals surface area contributed by atoms with Gasteiger partial charge in [-0.25, -0.2) is 4.39 Å². The van der Waals surface area contributed by atoms with Gasteiger partial charge >= 0.3 is 6.18 Å². The fraction of sp³-hybridized carbons (Fsp3) is 0.100. The molecule has 0 aliphatic rings. The summed E-state index contributed by atoms with van der Waals surface area (Å²) in [7, 11) is 5.38. The number of pyridine rings is 1. The molecule has 0 spiro atoms. The van der Waals surface area contributed by atoms with E-state index in [4.69, 9.17) is 4.74 Å². The van der Waals surface area contributed by atoms with Crippen LogP contribution in [-0.4, -0.2) is 34.4 Å². The number of aromatic amines is 1. The van der Waals surface area contributed by atoms with Crippen molar-refractivity contribution in [2.45, 2.75) is 11.3 Å². The summed E-state index contributed by atoms with van der Waals surface area (Å²) in [6, 6.07) is 8.65. The minimum atomic E-state index is -4.67. The Morgan fingerprint density at radius 1 is 0.969 bits per heavy atom. The van der Waals surface area contributed by atoms with E-state index >= 15 is 0 Å². The lowest BCUT2D eigenvalue weighted by molar-refractivity contribution is -0.137. The zero-order valence-electron chi connectivity index (χ0n) is 17.4. The molecule has 0 unspecified atom stereocenters. The van der Waals surface area contributed by atoms with Crippen LogP contribution in [0.1, 0.15) is 21.5 Å². The number of alkyl halides is 3. The number of nitrogens with one attached hydrogen (secondary N) is 2. The summed E-state index contributed by atoms with van der Waals surface area (Å²) in [5.41, 5.74) is -1.10. The van der Waals surface area contributed by atoms with Crippen LogP contribution in [0.3, 0.4) is 0 Å². The van der Waals surface area contributed by atoms with Crippen LogP contribution in [0.15, 0.2) is 59.5 Å². The number of carbonyl (C=O) groups is 1. The van der Waals surface area contributed by atoms with E-state index < -0.39 is 34.1 Å². The molecular weight excluding hydrogens is 425 g/mol. The number of aromatic nitrogens is 1. The lowest BCUT2D eigenvalue weighted by Gasteiger charge is -2.23. The number of carbonyl (C=O) groups excluding carboxylic acids is 1. The molecule has 0 aliphatic carbocycles. The van der Waals surface area contributed by atoms with Crippen molar-refractivity contribution in [3.05, 3.63) is 87.6 Å². The molecule has 0 bridgehead atoms. The van der Waals surface area contributed by atoms with E-state index in [0.29, 0.717) is 11.6 Å². The van der Waals surface area contributed by atoms with Crippen LogP contribution in [0.2, 0.25) is 0 Å². The Balaban J connectivity index is 2.07. The van der Waals surface area contributed by atoms with Gasteiger partial charge < -0.3 is 15.0 Å². The Hall–Kier alpha value is -3.43.